The van der Waals surface area contributed by atoms with Crippen molar-refractivity contribution in [2.45, 2.75) is 25.7 Å². The summed E-state index contributed by atoms with van der Waals surface area (Å²) >= 11 is 3.41. The fraction of sp³-hybridized carbons (Fsp3) is 0.238. The van der Waals surface area contributed by atoms with E-state index in [4.69, 9.17) is 0 Å². The third-order valence-electron chi connectivity index (χ3n) is 4.09. The molecule has 0 spiro atoms. The molecule has 0 aliphatic rings. The number of hydrogen-bond acceptors (Lipinski definition) is 2. The monoisotopic (exact) mass is 519 g/mol. The molecule has 0 atom stereocenters. The Balaban J connectivity index is 0.00000261. The zero-order valence-corrected chi connectivity index (χ0v) is 20.8. The maximum Gasteiger partial charge on any atom is 0.247 e. The summed E-state index contributed by atoms with van der Waals surface area (Å²) in [5.41, 5.74) is 1.47. The molecule has 6 heteroatoms. The van der Waals surface area contributed by atoms with Gasteiger partial charge in [0.25, 0.3) is 0 Å². The molecule has 27 heavy (non-hydrogen) atoms. The van der Waals surface area contributed by atoms with E-state index in [1.165, 1.54) is 4.31 Å². The second kappa shape index (κ2) is 9.17. The summed E-state index contributed by atoms with van der Waals surface area (Å²) in [6, 6.07) is 19.8. The predicted octanol–water partition coefficient (Wildman–Crippen LogP) is 5.56. The number of aryl methyl sites for hydroxylation is 1. The number of anilines is 1. The van der Waals surface area contributed by atoms with Gasteiger partial charge in [-0.15, -0.1) is 35.2 Å². The number of sulfonamides is 1. The Morgan fingerprint density at radius 1 is 1.07 bits per heavy atom. The van der Waals surface area contributed by atoms with Crippen molar-refractivity contribution >= 4 is 42.4 Å². The zero-order chi connectivity index (χ0) is 18.9. The quantitative estimate of drug-likeness (QED) is 0.414. The van der Waals surface area contributed by atoms with Crippen molar-refractivity contribution in [2.75, 3.05) is 10.8 Å². The Morgan fingerprint density at radius 2 is 1.70 bits per heavy atom. The average molecular weight is 520 g/mol. The minimum Gasteiger partial charge on any atom is -0.267 e. The van der Waals surface area contributed by atoms with Crippen molar-refractivity contribution < 1.29 is 41.1 Å². The van der Waals surface area contributed by atoms with E-state index in [0.717, 1.165) is 15.4 Å². The summed E-state index contributed by atoms with van der Waals surface area (Å²) in [6.07, 6.45) is 0. The standard InChI is InChI=1S/C21H21BrNO2S.Y/c1-15(2)14-23(19-10-8-18(22)9-11-19)26(24,25)21-13-16(3)12-17-6-4-5-7-20(17)21;/h4-11,13,15H,14H2,1-3H3;/q-1;. The molecule has 0 fully saturated rings. The molecule has 0 saturated heterocycles. The van der Waals surface area contributed by atoms with Crippen LogP contribution in [0.25, 0.3) is 10.8 Å². The summed E-state index contributed by atoms with van der Waals surface area (Å²) < 4.78 is 29.7. The molecule has 0 amide bonds. The third-order valence-corrected chi connectivity index (χ3v) is 6.45. The molecule has 3 aromatic carbocycles. The second-order valence-corrected chi connectivity index (χ2v) is 9.51. The smallest absolute Gasteiger partial charge is 0.247 e. The molecule has 0 aromatic heterocycles. The fourth-order valence-electron chi connectivity index (χ4n) is 2.94. The van der Waals surface area contributed by atoms with Crippen molar-refractivity contribution in [3.63, 3.8) is 0 Å². The summed E-state index contributed by atoms with van der Waals surface area (Å²) in [6.45, 7) is 6.32. The van der Waals surface area contributed by atoms with Gasteiger partial charge in [-0.2, -0.15) is 0 Å². The van der Waals surface area contributed by atoms with Gasteiger partial charge in [0.15, 0.2) is 0 Å². The Labute approximate surface area is 195 Å². The first kappa shape index (κ1) is 22.5. The van der Waals surface area contributed by atoms with Crippen LogP contribution in [0.5, 0.6) is 0 Å². The maximum atomic E-state index is 13.6. The van der Waals surface area contributed by atoms with E-state index in [-0.39, 0.29) is 38.6 Å². The number of hydrogen-bond donors (Lipinski definition) is 0. The van der Waals surface area contributed by atoms with E-state index < -0.39 is 10.0 Å². The molecule has 0 aliphatic heterocycles. The van der Waals surface area contributed by atoms with Gasteiger partial charge in [-0.05, 0) is 30.2 Å². The van der Waals surface area contributed by atoms with Gasteiger partial charge in [0.05, 0.1) is 5.69 Å². The van der Waals surface area contributed by atoms with Crippen LogP contribution < -0.4 is 4.31 Å². The van der Waals surface area contributed by atoms with Crippen LogP contribution in [0.4, 0.5) is 5.69 Å². The number of rotatable bonds is 5. The van der Waals surface area contributed by atoms with E-state index >= 15 is 0 Å². The Kier molecular flexibility index (Phi) is 7.65. The van der Waals surface area contributed by atoms with Gasteiger partial charge < -0.3 is 0 Å². The first-order valence-electron chi connectivity index (χ1n) is 8.49. The molecular formula is C21H21BrNO2SY-. The van der Waals surface area contributed by atoms with Crippen LogP contribution in [0.2, 0.25) is 0 Å². The molecule has 3 nitrogen and oxygen atoms in total. The fourth-order valence-corrected chi connectivity index (χ4v) is 5.12. The molecule has 3 rings (SSSR count). The van der Waals surface area contributed by atoms with Crippen LogP contribution in [0.15, 0.2) is 64.0 Å². The summed E-state index contributed by atoms with van der Waals surface area (Å²) in [7, 11) is -3.71. The molecule has 0 N–H and O–H groups in total. The van der Waals surface area contributed by atoms with Crippen LogP contribution in [-0.4, -0.2) is 15.0 Å². The van der Waals surface area contributed by atoms with Gasteiger partial charge in [0, 0.05) is 48.6 Å². The van der Waals surface area contributed by atoms with Gasteiger partial charge in [0.2, 0.25) is 10.0 Å². The summed E-state index contributed by atoms with van der Waals surface area (Å²) in [5, 5.41) is 1.51. The van der Waals surface area contributed by atoms with Gasteiger partial charge in [-0.1, -0.05) is 54.2 Å². The first-order chi connectivity index (χ1) is 12.3. The molecule has 1 radical (unpaired) electrons. The Bertz CT molecular complexity index is 1030. The molecule has 3 aromatic rings. The maximum absolute atomic E-state index is 13.6. The topological polar surface area (TPSA) is 37.4 Å². The first-order valence-corrected chi connectivity index (χ1v) is 10.7. The largest absolute Gasteiger partial charge is 0.267 e. The predicted molar refractivity (Wildman–Crippen MR) is 111 cm³/mol. The van der Waals surface area contributed by atoms with Crippen molar-refractivity contribution in [1.29, 1.82) is 0 Å². The van der Waals surface area contributed by atoms with E-state index in [0.29, 0.717) is 22.5 Å². The van der Waals surface area contributed by atoms with Gasteiger partial charge in [-0.3, -0.25) is 4.31 Å². The number of benzene rings is 3. The molecule has 0 unspecified atom stereocenters. The summed E-state index contributed by atoms with van der Waals surface area (Å²) in [4.78, 5) is 0.327. The van der Waals surface area contributed by atoms with Gasteiger partial charge in [-0.25, -0.2) is 8.42 Å². The van der Waals surface area contributed by atoms with Crippen molar-refractivity contribution in [1.82, 2.24) is 0 Å². The van der Waals surface area contributed by atoms with Gasteiger partial charge in [0.1, 0.15) is 0 Å². The van der Waals surface area contributed by atoms with Crippen molar-refractivity contribution in [2.24, 2.45) is 5.92 Å². The van der Waals surface area contributed by atoms with Crippen LogP contribution >= 0.6 is 15.9 Å². The molecule has 0 aliphatic carbocycles. The number of halogens is 1. The normalized spacial score (nSPS) is 11.4. The SMILES string of the molecule is Cc1[c-]c2ccccc2c(S(=O)(=O)N(CC(C)C)c2ccc(Br)cc2)c1.[Y]. The van der Waals surface area contributed by atoms with Crippen molar-refractivity contribution in [3.05, 3.63) is 70.7 Å². The van der Waals surface area contributed by atoms with Gasteiger partial charge >= 0.3 is 0 Å². The molecule has 139 valence electrons. The minimum absolute atomic E-state index is 0. The number of fused-ring (bicyclic) bond motifs is 1. The van der Waals surface area contributed by atoms with E-state index in [9.17, 15) is 8.42 Å². The summed E-state index contributed by atoms with van der Waals surface area (Å²) in [5.74, 6) is 0.191. The van der Waals surface area contributed by atoms with Crippen LogP contribution in [0.1, 0.15) is 19.4 Å². The zero-order valence-electron chi connectivity index (χ0n) is 15.6. The molecule has 0 saturated carbocycles. The number of nitrogens with zero attached hydrogens (tertiary/aromatic N) is 1. The Hall–Kier alpha value is -0.746. The Morgan fingerprint density at radius 3 is 2.33 bits per heavy atom. The van der Waals surface area contributed by atoms with E-state index in [1.807, 2.05) is 69.3 Å². The second-order valence-electron chi connectivity index (χ2n) is 6.77. The molecule has 0 bridgehead atoms. The molecular weight excluding hydrogens is 499 g/mol. The minimum atomic E-state index is -3.71. The van der Waals surface area contributed by atoms with Crippen molar-refractivity contribution in [3.8, 4) is 0 Å². The molecule has 0 heterocycles. The van der Waals surface area contributed by atoms with E-state index in [2.05, 4.69) is 22.0 Å². The van der Waals surface area contributed by atoms with Crippen LogP contribution in [0.3, 0.4) is 0 Å². The van der Waals surface area contributed by atoms with E-state index in [1.54, 1.807) is 6.07 Å². The van der Waals surface area contributed by atoms with Crippen LogP contribution in [0, 0.1) is 18.9 Å². The third kappa shape index (κ3) is 5.00. The van der Waals surface area contributed by atoms with Crippen LogP contribution in [-0.2, 0) is 42.7 Å². The average Bonchev–Trinajstić information content (AvgIpc) is 2.59.